The van der Waals surface area contributed by atoms with Crippen molar-refractivity contribution in [1.29, 1.82) is 0 Å². The van der Waals surface area contributed by atoms with Crippen LogP contribution in [0.4, 0.5) is 17.1 Å². The first-order valence-corrected chi connectivity index (χ1v) is 6.96. The van der Waals surface area contributed by atoms with Crippen molar-refractivity contribution in [1.82, 2.24) is 0 Å². The lowest BCUT2D eigenvalue weighted by molar-refractivity contribution is -0.384. The minimum Gasteiger partial charge on any atom is -0.258 e. The van der Waals surface area contributed by atoms with Crippen LogP contribution in [0.2, 0.25) is 0 Å². The number of azo groups is 1. The summed E-state index contributed by atoms with van der Waals surface area (Å²) in [5, 5.41) is 18.9. The van der Waals surface area contributed by atoms with Gasteiger partial charge in [0.25, 0.3) is 5.69 Å². The molecule has 0 aliphatic carbocycles. The maximum absolute atomic E-state index is 10.7. The number of nitrogens with zero attached hydrogens (tertiary/aromatic N) is 3. The summed E-state index contributed by atoms with van der Waals surface area (Å²) >= 11 is 0. The number of nitro groups is 1. The van der Waals surface area contributed by atoms with Gasteiger partial charge in [-0.05, 0) is 47.5 Å². The van der Waals surface area contributed by atoms with Gasteiger partial charge in [0.15, 0.2) is 0 Å². The van der Waals surface area contributed by atoms with Gasteiger partial charge >= 0.3 is 0 Å². The van der Waals surface area contributed by atoms with Crippen molar-refractivity contribution in [2.45, 2.75) is 0 Å². The van der Waals surface area contributed by atoms with Gasteiger partial charge in [-0.3, -0.25) is 10.1 Å². The molecule has 0 atom stereocenters. The number of non-ortho nitro benzene ring substituents is 1. The van der Waals surface area contributed by atoms with E-state index in [2.05, 4.69) is 16.3 Å². The van der Waals surface area contributed by atoms with Gasteiger partial charge in [-0.15, -0.1) is 5.11 Å². The third-order valence-corrected chi connectivity index (χ3v) is 3.24. The minimum absolute atomic E-state index is 0.0750. The van der Waals surface area contributed by atoms with E-state index in [1.54, 1.807) is 18.2 Å². The van der Waals surface area contributed by atoms with Crippen molar-refractivity contribution in [2.24, 2.45) is 10.2 Å². The van der Waals surface area contributed by atoms with Gasteiger partial charge in [0.1, 0.15) is 0 Å². The first-order chi connectivity index (χ1) is 11.2. The van der Waals surface area contributed by atoms with Crippen LogP contribution in [0.5, 0.6) is 0 Å². The highest BCUT2D eigenvalue weighted by Crippen LogP contribution is 2.25. The van der Waals surface area contributed by atoms with Crippen LogP contribution in [0.15, 0.2) is 83.0 Å². The Hall–Kier alpha value is -3.34. The Labute approximate surface area is 133 Å². The zero-order chi connectivity index (χ0) is 16.1. The summed E-state index contributed by atoms with van der Waals surface area (Å²) in [4.78, 5) is 10.2. The maximum Gasteiger partial charge on any atom is 0.269 e. The predicted octanol–water partition coefficient (Wildman–Crippen LogP) is 5.48. The van der Waals surface area contributed by atoms with Gasteiger partial charge in [-0.1, -0.05) is 24.3 Å². The molecule has 0 saturated carbocycles. The molecule has 1 radical (unpaired) electrons. The number of hydrogen-bond acceptors (Lipinski definition) is 4. The van der Waals surface area contributed by atoms with Crippen LogP contribution in [-0.2, 0) is 0 Å². The molecule has 0 amide bonds. The molecule has 0 aliphatic rings. The van der Waals surface area contributed by atoms with Crippen LogP contribution >= 0.6 is 0 Å². The molecular formula is C18H12N3O2. The lowest BCUT2D eigenvalue weighted by Crippen LogP contribution is -1.87. The summed E-state index contributed by atoms with van der Waals surface area (Å²) in [6, 6.07) is 24.4. The fourth-order valence-corrected chi connectivity index (χ4v) is 2.04. The Morgan fingerprint density at radius 2 is 1.52 bits per heavy atom. The van der Waals surface area contributed by atoms with Crippen LogP contribution in [-0.4, -0.2) is 4.92 Å². The van der Waals surface area contributed by atoms with E-state index < -0.39 is 4.92 Å². The molecule has 0 bridgehead atoms. The van der Waals surface area contributed by atoms with Crippen molar-refractivity contribution in [3.63, 3.8) is 0 Å². The van der Waals surface area contributed by atoms with E-state index in [0.29, 0.717) is 5.69 Å². The fourth-order valence-electron chi connectivity index (χ4n) is 2.04. The smallest absolute Gasteiger partial charge is 0.258 e. The standard InChI is InChI=1S/C18H12N3O2/c22-21(23)18-12-8-15(9-13-18)14-6-10-17(11-7-14)20-19-16-4-2-1-3-5-16/h1-10,12-13H. The van der Waals surface area contributed by atoms with Gasteiger partial charge in [-0.25, -0.2) is 0 Å². The average molecular weight is 302 g/mol. The van der Waals surface area contributed by atoms with E-state index in [0.717, 1.165) is 16.8 Å². The summed E-state index contributed by atoms with van der Waals surface area (Å²) in [5.41, 5.74) is 3.28. The summed E-state index contributed by atoms with van der Waals surface area (Å²) in [6.07, 6.45) is 0. The van der Waals surface area contributed by atoms with E-state index >= 15 is 0 Å². The molecule has 0 fully saturated rings. The largest absolute Gasteiger partial charge is 0.269 e. The highest BCUT2D eigenvalue weighted by Gasteiger charge is 2.05. The van der Waals surface area contributed by atoms with E-state index in [1.807, 2.05) is 42.5 Å². The topological polar surface area (TPSA) is 67.9 Å². The summed E-state index contributed by atoms with van der Waals surface area (Å²) in [5.74, 6) is 0. The van der Waals surface area contributed by atoms with Gasteiger partial charge in [0.05, 0.1) is 16.3 Å². The molecule has 3 aromatic carbocycles. The van der Waals surface area contributed by atoms with Crippen LogP contribution in [0, 0.1) is 16.2 Å². The maximum atomic E-state index is 10.7. The van der Waals surface area contributed by atoms with Gasteiger partial charge in [-0.2, -0.15) is 5.11 Å². The van der Waals surface area contributed by atoms with Gasteiger partial charge in [0.2, 0.25) is 0 Å². The normalized spacial score (nSPS) is 10.8. The summed E-state index contributed by atoms with van der Waals surface area (Å²) < 4.78 is 0. The Bertz CT molecular complexity index is 826. The highest BCUT2D eigenvalue weighted by molar-refractivity contribution is 5.66. The molecule has 111 valence electrons. The molecule has 0 saturated heterocycles. The van der Waals surface area contributed by atoms with E-state index in [9.17, 15) is 10.1 Å². The average Bonchev–Trinajstić information content (AvgIpc) is 2.61. The third-order valence-electron chi connectivity index (χ3n) is 3.24. The third kappa shape index (κ3) is 3.65. The molecule has 0 spiro atoms. The lowest BCUT2D eigenvalue weighted by atomic mass is 10.1. The Morgan fingerprint density at radius 3 is 2.13 bits per heavy atom. The molecule has 3 aromatic rings. The van der Waals surface area contributed by atoms with Crippen molar-refractivity contribution in [3.05, 3.63) is 89.0 Å². The second-order valence-electron chi connectivity index (χ2n) is 4.80. The van der Waals surface area contributed by atoms with E-state index in [4.69, 9.17) is 0 Å². The van der Waals surface area contributed by atoms with Crippen molar-refractivity contribution < 1.29 is 4.92 Å². The molecule has 3 rings (SSSR count). The lowest BCUT2D eigenvalue weighted by Gasteiger charge is -2.01. The van der Waals surface area contributed by atoms with Crippen LogP contribution < -0.4 is 0 Å². The van der Waals surface area contributed by atoms with E-state index in [1.165, 1.54) is 12.1 Å². The quantitative estimate of drug-likeness (QED) is 0.364. The van der Waals surface area contributed by atoms with Gasteiger partial charge < -0.3 is 0 Å². The van der Waals surface area contributed by atoms with E-state index in [-0.39, 0.29) is 5.69 Å². The molecule has 5 heteroatoms. The zero-order valence-corrected chi connectivity index (χ0v) is 12.1. The van der Waals surface area contributed by atoms with Crippen molar-refractivity contribution in [3.8, 4) is 11.1 Å². The number of hydrogen-bond donors (Lipinski definition) is 0. The van der Waals surface area contributed by atoms with Crippen molar-refractivity contribution in [2.75, 3.05) is 0 Å². The molecule has 0 heterocycles. The monoisotopic (exact) mass is 302 g/mol. The Balaban J connectivity index is 1.76. The number of rotatable bonds is 4. The van der Waals surface area contributed by atoms with Crippen LogP contribution in [0.3, 0.4) is 0 Å². The summed E-state index contributed by atoms with van der Waals surface area (Å²) in [7, 11) is 0. The number of benzene rings is 3. The Kier molecular flexibility index (Phi) is 4.20. The second-order valence-corrected chi connectivity index (χ2v) is 4.80. The first-order valence-electron chi connectivity index (χ1n) is 6.96. The Morgan fingerprint density at radius 1 is 0.826 bits per heavy atom. The molecule has 23 heavy (non-hydrogen) atoms. The second kappa shape index (κ2) is 6.62. The molecule has 0 unspecified atom stereocenters. The molecule has 5 nitrogen and oxygen atoms in total. The molecule has 0 aliphatic heterocycles. The SMILES string of the molecule is O=[N+]([O-])c1ccc(-c2c[c]c(N=Nc3ccccc3)cc2)cc1. The summed E-state index contributed by atoms with van der Waals surface area (Å²) in [6.45, 7) is 0. The van der Waals surface area contributed by atoms with Crippen LogP contribution in [0.1, 0.15) is 0 Å². The van der Waals surface area contributed by atoms with Crippen LogP contribution in [0.25, 0.3) is 11.1 Å². The number of nitro benzene ring substituents is 1. The minimum atomic E-state index is -0.414. The fraction of sp³-hybridized carbons (Fsp3) is 0. The first kappa shape index (κ1) is 14.6. The predicted molar refractivity (Wildman–Crippen MR) is 88.0 cm³/mol. The van der Waals surface area contributed by atoms with Crippen molar-refractivity contribution >= 4 is 17.1 Å². The van der Waals surface area contributed by atoms with Gasteiger partial charge in [0, 0.05) is 18.2 Å². The zero-order valence-electron chi connectivity index (χ0n) is 12.1. The molecular weight excluding hydrogens is 290 g/mol. The molecule has 0 N–H and O–H groups in total. The molecule has 0 aromatic heterocycles. The highest BCUT2D eigenvalue weighted by atomic mass is 16.6.